The summed E-state index contributed by atoms with van der Waals surface area (Å²) in [5.41, 5.74) is 3.17. The van der Waals surface area contributed by atoms with Crippen LogP contribution in [0.25, 0.3) is 0 Å². The number of hydrazine groups is 1. The van der Waals surface area contributed by atoms with E-state index in [1.807, 2.05) is 0 Å². The van der Waals surface area contributed by atoms with E-state index < -0.39 is 0 Å². The first-order valence-electron chi connectivity index (χ1n) is 5.84. The van der Waals surface area contributed by atoms with Gasteiger partial charge in [-0.1, -0.05) is 13.3 Å². The molecule has 0 aliphatic carbocycles. The first-order valence-corrected chi connectivity index (χ1v) is 5.84. The van der Waals surface area contributed by atoms with E-state index in [1.165, 1.54) is 32.4 Å². The van der Waals surface area contributed by atoms with Crippen LogP contribution in [0.15, 0.2) is 0 Å². The topological polar surface area (TPSA) is 41.3 Å². The predicted molar refractivity (Wildman–Crippen MR) is 60.9 cm³/mol. The van der Waals surface area contributed by atoms with Crippen LogP contribution in [0, 0.1) is 0 Å². The highest BCUT2D eigenvalue weighted by Crippen LogP contribution is 2.25. The lowest BCUT2D eigenvalue weighted by Gasteiger charge is -2.41. The molecule has 3 heteroatoms. The number of nitrogens with two attached hydrogens (primary N) is 1. The summed E-state index contributed by atoms with van der Waals surface area (Å²) in [6, 6.07) is 0.408. The Labute approximate surface area is 88.0 Å². The van der Waals surface area contributed by atoms with Crippen molar-refractivity contribution in [3.8, 4) is 0 Å². The van der Waals surface area contributed by atoms with Crippen LogP contribution in [0.5, 0.6) is 0 Å². The molecule has 0 aromatic carbocycles. The summed E-state index contributed by atoms with van der Waals surface area (Å²) in [7, 11) is 0. The highest BCUT2D eigenvalue weighted by Gasteiger charge is 2.35. The molecule has 14 heavy (non-hydrogen) atoms. The third-order valence-electron chi connectivity index (χ3n) is 3.55. The predicted octanol–water partition coefficient (Wildman–Crippen LogP) is 1.49. The third-order valence-corrected chi connectivity index (χ3v) is 3.55. The lowest BCUT2D eigenvalue weighted by atomic mass is 9.90. The van der Waals surface area contributed by atoms with Crippen LogP contribution in [0.4, 0.5) is 0 Å². The number of rotatable bonds is 5. The Morgan fingerprint density at radius 1 is 1.36 bits per heavy atom. The van der Waals surface area contributed by atoms with Gasteiger partial charge >= 0.3 is 0 Å². The van der Waals surface area contributed by atoms with Crippen molar-refractivity contribution in [2.24, 2.45) is 5.84 Å². The fraction of sp³-hybridized carbons (Fsp3) is 1.00. The Balaban J connectivity index is 2.59. The van der Waals surface area contributed by atoms with Gasteiger partial charge in [0.25, 0.3) is 0 Å². The van der Waals surface area contributed by atoms with Gasteiger partial charge in [-0.3, -0.25) is 16.2 Å². The molecule has 0 aromatic heterocycles. The second-order valence-corrected chi connectivity index (χ2v) is 4.86. The average molecular weight is 199 g/mol. The van der Waals surface area contributed by atoms with Gasteiger partial charge in [0.05, 0.1) is 0 Å². The summed E-state index contributed by atoms with van der Waals surface area (Å²) < 4.78 is 0. The summed E-state index contributed by atoms with van der Waals surface area (Å²) in [5.74, 6) is 5.64. The highest BCUT2D eigenvalue weighted by atomic mass is 15.3. The largest absolute Gasteiger partial charge is 0.297 e. The van der Waals surface area contributed by atoms with Crippen molar-refractivity contribution in [3.05, 3.63) is 0 Å². The molecule has 84 valence electrons. The average Bonchev–Trinajstić information content (AvgIpc) is 2.66. The fourth-order valence-corrected chi connectivity index (χ4v) is 2.44. The Hall–Kier alpha value is -0.120. The number of hydrogen-bond donors (Lipinski definition) is 2. The summed E-state index contributed by atoms with van der Waals surface area (Å²) in [4.78, 5) is 2.56. The van der Waals surface area contributed by atoms with E-state index in [2.05, 4.69) is 31.1 Å². The molecule has 1 unspecified atom stereocenters. The zero-order valence-electron chi connectivity index (χ0n) is 9.84. The molecule has 0 bridgehead atoms. The van der Waals surface area contributed by atoms with Gasteiger partial charge in [-0.2, -0.15) is 0 Å². The molecule has 1 rings (SSSR count). The monoisotopic (exact) mass is 199 g/mol. The Morgan fingerprint density at radius 3 is 2.36 bits per heavy atom. The lowest BCUT2D eigenvalue weighted by molar-refractivity contribution is 0.102. The smallest absolute Gasteiger partial charge is 0.0389 e. The number of nitrogens with one attached hydrogen (secondary N) is 1. The summed E-state index contributed by atoms with van der Waals surface area (Å²) in [6.07, 6.45) is 5.02. The minimum Gasteiger partial charge on any atom is -0.297 e. The Morgan fingerprint density at radius 2 is 1.93 bits per heavy atom. The van der Waals surface area contributed by atoms with Crippen LogP contribution < -0.4 is 11.3 Å². The van der Waals surface area contributed by atoms with Crippen molar-refractivity contribution in [2.45, 2.75) is 58.0 Å². The molecule has 1 fully saturated rings. The molecule has 3 nitrogen and oxygen atoms in total. The van der Waals surface area contributed by atoms with E-state index in [0.717, 1.165) is 6.42 Å². The lowest BCUT2D eigenvalue weighted by Crippen LogP contribution is -2.58. The van der Waals surface area contributed by atoms with E-state index in [4.69, 9.17) is 5.84 Å². The summed E-state index contributed by atoms with van der Waals surface area (Å²) in [5, 5.41) is 0. The Bertz CT molecular complexity index is 162. The molecule has 1 heterocycles. The molecule has 0 aromatic rings. The molecule has 0 amide bonds. The first kappa shape index (κ1) is 12.0. The van der Waals surface area contributed by atoms with Crippen LogP contribution >= 0.6 is 0 Å². The quantitative estimate of drug-likeness (QED) is 0.521. The van der Waals surface area contributed by atoms with Crippen molar-refractivity contribution < 1.29 is 0 Å². The van der Waals surface area contributed by atoms with Crippen molar-refractivity contribution in [1.82, 2.24) is 10.3 Å². The van der Waals surface area contributed by atoms with Crippen molar-refractivity contribution in [2.75, 3.05) is 13.1 Å². The minimum absolute atomic E-state index is 0.196. The Kier molecular flexibility index (Phi) is 4.35. The molecule has 1 aliphatic rings. The zero-order valence-corrected chi connectivity index (χ0v) is 9.84. The molecule has 0 spiro atoms. The minimum atomic E-state index is 0.196. The highest BCUT2D eigenvalue weighted by molar-refractivity contribution is 4.94. The number of hydrogen-bond acceptors (Lipinski definition) is 3. The second kappa shape index (κ2) is 5.10. The fourth-order valence-electron chi connectivity index (χ4n) is 2.44. The molecule has 3 N–H and O–H groups in total. The molecule has 1 aliphatic heterocycles. The van der Waals surface area contributed by atoms with E-state index in [0.29, 0.717) is 6.04 Å². The molecule has 0 radical (unpaired) electrons. The maximum atomic E-state index is 5.64. The van der Waals surface area contributed by atoms with E-state index in [1.54, 1.807) is 0 Å². The zero-order chi connectivity index (χ0) is 10.6. The van der Waals surface area contributed by atoms with Crippen molar-refractivity contribution >= 4 is 0 Å². The van der Waals surface area contributed by atoms with Crippen molar-refractivity contribution in [3.63, 3.8) is 0 Å². The molecular weight excluding hydrogens is 174 g/mol. The molecule has 1 atom stereocenters. The molecule has 1 saturated heterocycles. The van der Waals surface area contributed by atoms with Gasteiger partial charge in [-0.05, 0) is 46.2 Å². The third kappa shape index (κ3) is 2.47. The van der Waals surface area contributed by atoms with Gasteiger partial charge in [0.2, 0.25) is 0 Å². The van der Waals surface area contributed by atoms with E-state index in [9.17, 15) is 0 Å². The van der Waals surface area contributed by atoms with Gasteiger partial charge in [-0.25, -0.2) is 0 Å². The molecule has 0 saturated carbocycles. The van der Waals surface area contributed by atoms with E-state index in [-0.39, 0.29) is 5.54 Å². The first-order chi connectivity index (χ1) is 6.62. The summed E-state index contributed by atoms with van der Waals surface area (Å²) in [6.45, 7) is 9.28. The van der Waals surface area contributed by atoms with Gasteiger partial charge in [-0.15, -0.1) is 0 Å². The number of likely N-dealkylation sites (tertiary alicyclic amines) is 1. The summed E-state index contributed by atoms with van der Waals surface area (Å²) >= 11 is 0. The second-order valence-electron chi connectivity index (χ2n) is 4.86. The van der Waals surface area contributed by atoms with Gasteiger partial charge in [0.1, 0.15) is 0 Å². The van der Waals surface area contributed by atoms with Gasteiger partial charge in [0, 0.05) is 11.6 Å². The SMILES string of the molecule is CCCC(NN)C(C)(C)N1CCCC1. The van der Waals surface area contributed by atoms with Crippen LogP contribution in [0.3, 0.4) is 0 Å². The normalized spacial score (nSPS) is 21.4. The standard InChI is InChI=1S/C11H25N3/c1-4-7-10(13-12)11(2,3)14-8-5-6-9-14/h10,13H,4-9,12H2,1-3H3. The van der Waals surface area contributed by atoms with Crippen LogP contribution in [0.2, 0.25) is 0 Å². The van der Waals surface area contributed by atoms with Gasteiger partial charge in [0.15, 0.2) is 0 Å². The van der Waals surface area contributed by atoms with Gasteiger partial charge < -0.3 is 0 Å². The maximum absolute atomic E-state index is 5.64. The maximum Gasteiger partial charge on any atom is 0.0389 e. The van der Waals surface area contributed by atoms with Crippen LogP contribution in [-0.4, -0.2) is 29.6 Å². The van der Waals surface area contributed by atoms with E-state index >= 15 is 0 Å². The van der Waals surface area contributed by atoms with Crippen molar-refractivity contribution in [1.29, 1.82) is 0 Å². The molecular formula is C11H25N3. The van der Waals surface area contributed by atoms with Crippen LogP contribution in [0.1, 0.15) is 46.5 Å². The van der Waals surface area contributed by atoms with Crippen LogP contribution in [-0.2, 0) is 0 Å². The number of nitrogens with zero attached hydrogens (tertiary/aromatic N) is 1.